The fourth-order valence-corrected chi connectivity index (χ4v) is 6.70. The minimum absolute atomic E-state index is 0.00458. The van der Waals surface area contributed by atoms with Crippen molar-refractivity contribution in [3.8, 4) is 23.0 Å². The van der Waals surface area contributed by atoms with Crippen LogP contribution in [0.3, 0.4) is 0 Å². The molecule has 4 aromatic rings. The number of amides is 2. The number of phenolic OH excluding ortho intramolecular Hbond substituents is 4. The van der Waals surface area contributed by atoms with E-state index < -0.39 is 0 Å². The van der Waals surface area contributed by atoms with E-state index in [9.17, 15) is 30.0 Å². The van der Waals surface area contributed by atoms with Gasteiger partial charge in [0.1, 0.15) is 23.0 Å². The standard InChI is InChI=1S/C48H62N4O6/c1-29(2)36-23-32(24-37(44(36)57)46(3,4)5)14-18-42(55)51-49-27-34-21-30(12-16-40(34)53)20-31-13-17-41(54)35(22-31)28-50-52-43(56)19-15-33-25-38(47(6,7)8)45(58)39(26-33)48(9,10)11/h12-13,16-17,21-29,53-54,57-58H,14-15,18-20H2,1-11H3,(H,51,55)(H,52,56)/b49-27+,50-28+. The second-order valence-corrected chi connectivity index (χ2v) is 18.6. The van der Waals surface area contributed by atoms with Gasteiger partial charge in [-0.15, -0.1) is 0 Å². The fraction of sp³-hybridized carbons (Fsp3) is 0.417. The van der Waals surface area contributed by atoms with Crippen LogP contribution in [-0.4, -0.2) is 44.7 Å². The van der Waals surface area contributed by atoms with E-state index in [0.717, 1.165) is 44.5 Å². The smallest absolute Gasteiger partial charge is 0.240 e. The molecule has 0 aliphatic heterocycles. The van der Waals surface area contributed by atoms with E-state index in [4.69, 9.17) is 0 Å². The van der Waals surface area contributed by atoms with Crippen molar-refractivity contribution in [2.24, 2.45) is 10.2 Å². The second kappa shape index (κ2) is 18.3. The SMILES string of the molecule is CC(C)c1cc(CCC(=O)N/N=C/c2cc(Cc3ccc(O)c(/C=N/NC(=O)CCc4cc(C(C)(C)C)c(O)c(C(C)(C)C)c4)c3)ccc2O)cc(C(C)(C)C)c1O. The largest absolute Gasteiger partial charge is 0.507 e. The van der Waals surface area contributed by atoms with Crippen LogP contribution in [0.5, 0.6) is 23.0 Å². The van der Waals surface area contributed by atoms with Gasteiger partial charge >= 0.3 is 0 Å². The number of carbonyl (C=O) groups is 2. The van der Waals surface area contributed by atoms with E-state index in [-0.39, 0.29) is 58.3 Å². The fourth-order valence-electron chi connectivity index (χ4n) is 6.70. The van der Waals surface area contributed by atoms with E-state index in [2.05, 4.69) is 83.4 Å². The molecule has 58 heavy (non-hydrogen) atoms. The third kappa shape index (κ3) is 12.2. The van der Waals surface area contributed by atoms with Gasteiger partial charge in [0.05, 0.1) is 12.4 Å². The molecular weight excluding hydrogens is 729 g/mol. The Kier molecular flexibility index (Phi) is 14.2. The van der Waals surface area contributed by atoms with Gasteiger partial charge in [-0.2, -0.15) is 10.2 Å². The number of carbonyl (C=O) groups excluding carboxylic acids is 2. The lowest BCUT2D eigenvalue weighted by atomic mass is 9.78. The van der Waals surface area contributed by atoms with Crippen molar-refractivity contribution in [1.82, 2.24) is 10.9 Å². The van der Waals surface area contributed by atoms with Crippen molar-refractivity contribution in [3.05, 3.63) is 116 Å². The number of phenols is 4. The Morgan fingerprint density at radius 1 is 0.569 bits per heavy atom. The number of nitrogens with one attached hydrogen (secondary N) is 2. The van der Waals surface area contributed by atoms with Crippen LogP contribution in [-0.2, 0) is 45.1 Å². The second-order valence-electron chi connectivity index (χ2n) is 18.6. The lowest BCUT2D eigenvalue weighted by Crippen LogP contribution is -2.20. The van der Waals surface area contributed by atoms with Gasteiger partial charge in [-0.25, -0.2) is 10.9 Å². The van der Waals surface area contributed by atoms with E-state index in [0.29, 0.717) is 41.9 Å². The van der Waals surface area contributed by atoms with Crippen molar-refractivity contribution >= 4 is 24.2 Å². The first-order valence-electron chi connectivity index (χ1n) is 19.9. The Morgan fingerprint density at radius 2 is 0.948 bits per heavy atom. The third-order valence-corrected chi connectivity index (χ3v) is 10.1. The molecule has 0 aromatic heterocycles. The topological polar surface area (TPSA) is 164 Å². The quantitative estimate of drug-likeness (QED) is 0.0584. The number of benzene rings is 4. The number of hydrazone groups is 2. The summed E-state index contributed by atoms with van der Waals surface area (Å²) >= 11 is 0. The number of aromatic hydroxyl groups is 4. The highest BCUT2D eigenvalue weighted by Gasteiger charge is 2.27. The summed E-state index contributed by atoms with van der Waals surface area (Å²) in [6, 6.07) is 18.1. The van der Waals surface area contributed by atoms with Gasteiger partial charge in [0.2, 0.25) is 11.8 Å². The van der Waals surface area contributed by atoms with Crippen LogP contribution in [0.2, 0.25) is 0 Å². The van der Waals surface area contributed by atoms with Crippen LogP contribution in [0.1, 0.15) is 151 Å². The maximum atomic E-state index is 12.8. The molecule has 0 aliphatic rings. The van der Waals surface area contributed by atoms with Crippen LogP contribution in [0, 0.1) is 0 Å². The summed E-state index contributed by atoms with van der Waals surface area (Å²) in [6.07, 6.45) is 4.60. The Hall–Kier alpha value is -5.64. The predicted octanol–water partition coefficient (Wildman–Crippen LogP) is 9.28. The first-order chi connectivity index (χ1) is 26.9. The molecule has 0 spiro atoms. The van der Waals surface area contributed by atoms with Crippen molar-refractivity contribution in [1.29, 1.82) is 0 Å². The maximum absolute atomic E-state index is 12.8. The molecule has 4 aromatic carbocycles. The first kappa shape index (κ1) is 45.1. The number of aryl methyl sites for hydroxylation is 2. The van der Waals surface area contributed by atoms with E-state index in [1.165, 1.54) is 12.4 Å². The van der Waals surface area contributed by atoms with Crippen molar-refractivity contribution in [2.45, 2.75) is 130 Å². The predicted molar refractivity (Wildman–Crippen MR) is 234 cm³/mol. The summed E-state index contributed by atoms with van der Waals surface area (Å²) < 4.78 is 0. The summed E-state index contributed by atoms with van der Waals surface area (Å²) in [7, 11) is 0. The molecule has 0 aliphatic carbocycles. The van der Waals surface area contributed by atoms with Gasteiger partial charge in [0.25, 0.3) is 0 Å². The third-order valence-electron chi connectivity index (χ3n) is 10.1. The van der Waals surface area contributed by atoms with Crippen LogP contribution in [0.25, 0.3) is 0 Å². The minimum atomic E-state index is -0.281. The molecule has 4 rings (SSSR count). The van der Waals surface area contributed by atoms with Crippen LogP contribution in [0.15, 0.2) is 70.9 Å². The van der Waals surface area contributed by atoms with Gasteiger partial charge in [0.15, 0.2) is 0 Å². The van der Waals surface area contributed by atoms with Crippen molar-refractivity contribution in [2.75, 3.05) is 0 Å². The van der Waals surface area contributed by atoms with Gasteiger partial charge in [-0.3, -0.25) is 9.59 Å². The summed E-state index contributed by atoms with van der Waals surface area (Å²) in [6.45, 7) is 22.5. The van der Waals surface area contributed by atoms with E-state index >= 15 is 0 Å². The zero-order valence-corrected chi connectivity index (χ0v) is 36.0. The van der Waals surface area contributed by atoms with Gasteiger partial charge in [-0.1, -0.05) is 113 Å². The molecule has 0 saturated carbocycles. The van der Waals surface area contributed by atoms with Crippen molar-refractivity contribution in [3.63, 3.8) is 0 Å². The number of hydrogen-bond donors (Lipinski definition) is 6. The van der Waals surface area contributed by atoms with Gasteiger partial charge < -0.3 is 20.4 Å². The van der Waals surface area contributed by atoms with Gasteiger partial charge in [0, 0.05) is 24.0 Å². The summed E-state index contributed by atoms with van der Waals surface area (Å²) in [5.74, 6) is 0.195. The molecule has 10 heteroatoms. The normalized spacial score (nSPS) is 12.5. The molecule has 0 saturated heterocycles. The Morgan fingerprint density at radius 3 is 1.33 bits per heavy atom. The molecular formula is C48H62N4O6. The minimum Gasteiger partial charge on any atom is -0.507 e. The highest BCUT2D eigenvalue weighted by atomic mass is 16.3. The van der Waals surface area contributed by atoms with Gasteiger partial charge in [-0.05, 0) is 110 Å². The zero-order valence-electron chi connectivity index (χ0n) is 36.0. The van der Waals surface area contributed by atoms with Crippen molar-refractivity contribution < 1.29 is 30.0 Å². The zero-order chi connectivity index (χ0) is 43.2. The lowest BCUT2D eigenvalue weighted by molar-refractivity contribution is -0.121. The summed E-state index contributed by atoms with van der Waals surface area (Å²) in [5, 5.41) is 51.1. The average Bonchev–Trinajstić information content (AvgIpc) is 3.11. The monoisotopic (exact) mass is 790 g/mol. The lowest BCUT2D eigenvalue weighted by Gasteiger charge is -2.28. The highest BCUT2D eigenvalue weighted by Crippen LogP contribution is 2.40. The molecule has 0 atom stereocenters. The molecule has 310 valence electrons. The molecule has 6 N–H and O–H groups in total. The Bertz CT molecular complexity index is 2150. The number of hydrogen-bond acceptors (Lipinski definition) is 8. The average molecular weight is 791 g/mol. The molecule has 2 amide bonds. The maximum Gasteiger partial charge on any atom is 0.240 e. The Labute approximate surface area is 344 Å². The molecule has 0 radical (unpaired) electrons. The number of nitrogens with zero attached hydrogens (tertiary/aromatic N) is 2. The highest BCUT2D eigenvalue weighted by molar-refractivity contribution is 5.86. The van der Waals surface area contributed by atoms with Crippen LogP contribution in [0.4, 0.5) is 0 Å². The van der Waals surface area contributed by atoms with E-state index in [1.54, 1.807) is 36.4 Å². The van der Waals surface area contributed by atoms with E-state index in [1.807, 2.05) is 38.1 Å². The molecule has 0 fully saturated rings. The Balaban J connectivity index is 1.35. The molecule has 0 unspecified atom stereocenters. The molecule has 10 nitrogen and oxygen atoms in total. The molecule has 0 bridgehead atoms. The summed E-state index contributed by atoms with van der Waals surface area (Å²) in [4.78, 5) is 25.5. The molecule has 0 heterocycles. The summed E-state index contributed by atoms with van der Waals surface area (Å²) in [5.41, 5.74) is 12.2. The van der Waals surface area contributed by atoms with Crippen LogP contribution >= 0.6 is 0 Å². The number of rotatable bonds is 13. The first-order valence-corrected chi connectivity index (χ1v) is 19.9. The van der Waals surface area contributed by atoms with Crippen LogP contribution < -0.4 is 10.9 Å².